The standard InChI is InChI=1S/C12H11ClN4O3S/c1-6-9(11(14)21-17-6)12(19)20-5-8(18)16-7-3-2-4-15-10(7)13/h2-4H,5,14H2,1H3,(H,16,18). The molecule has 0 fully saturated rings. The van der Waals surface area contributed by atoms with E-state index in [9.17, 15) is 9.59 Å². The molecule has 7 nitrogen and oxygen atoms in total. The molecule has 0 bridgehead atoms. The Balaban J connectivity index is 1.93. The lowest BCUT2D eigenvalue weighted by Crippen LogP contribution is -2.21. The summed E-state index contributed by atoms with van der Waals surface area (Å²) < 4.78 is 8.83. The number of esters is 1. The van der Waals surface area contributed by atoms with Crippen molar-refractivity contribution >= 4 is 45.7 Å². The van der Waals surface area contributed by atoms with E-state index in [-0.39, 0.29) is 15.7 Å². The molecule has 2 aromatic rings. The number of rotatable bonds is 4. The summed E-state index contributed by atoms with van der Waals surface area (Å²) in [6, 6.07) is 3.20. The first-order chi connectivity index (χ1) is 9.99. The predicted octanol–water partition coefficient (Wildman–Crippen LogP) is 1.88. The third-order valence-electron chi connectivity index (χ3n) is 2.46. The number of hydrogen-bond acceptors (Lipinski definition) is 7. The van der Waals surface area contributed by atoms with E-state index >= 15 is 0 Å². The number of nitrogens with one attached hydrogen (secondary N) is 1. The van der Waals surface area contributed by atoms with Gasteiger partial charge in [0, 0.05) is 6.20 Å². The van der Waals surface area contributed by atoms with E-state index in [1.165, 1.54) is 6.20 Å². The zero-order valence-corrected chi connectivity index (χ0v) is 12.5. The highest BCUT2D eigenvalue weighted by atomic mass is 35.5. The van der Waals surface area contributed by atoms with Crippen LogP contribution < -0.4 is 11.1 Å². The van der Waals surface area contributed by atoms with Gasteiger partial charge in [-0.3, -0.25) is 4.79 Å². The normalized spacial score (nSPS) is 10.2. The number of hydrogen-bond donors (Lipinski definition) is 2. The van der Waals surface area contributed by atoms with Crippen molar-refractivity contribution in [1.82, 2.24) is 9.36 Å². The van der Waals surface area contributed by atoms with E-state index in [1.807, 2.05) is 0 Å². The molecule has 0 aliphatic rings. The minimum atomic E-state index is -0.689. The summed E-state index contributed by atoms with van der Waals surface area (Å²) >= 11 is 6.80. The highest BCUT2D eigenvalue weighted by Gasteiger charge is 2.19. The summed E-state index contributed by atoms with van der Waals surface area (Å²) in [7, 11) is 0. The van der Waals surface area contributed by atoms with Crippen LogP contribution in [0.4, 0.5) is 10.7 Å². The molecule has 110 valence electrons. The molecule has 3 N–H and O–H groups in total. The van der Waals surface area contributed by atoms with Crippen molar-refractivity contribution in [3.63, 3.8) is 0 Å². The number of anilines is 2. The molecule has 2 rings (SSSR count). The van der Waals surface area contributed by atoms with E-state index in [1.54, 1.807) is 19.1 Å². The fourth-order valence-electron chi connectivity index (χ4n) is 1.50. The molecule has 0 unspecified atom stereocenters. The summed E-state index contributed by atoms with van der Waals surface area (Å²) in [6.07, 6.45) is 1.49. The van der Waals surface area contributed by atoms with Crippen LogP contribution in [-0.4, -0.2) is 27.8 Å². The van der Waals surface area contributed by atoms with Crippen LogP contribution in [0.3, 0.4) is 0 Å². The highest BCUT2D eigenvalue weighted by Crippen LogP contribution is 2.21. The number of nitrogen functional groups attached to an aromatic ring is 1. The van der Waals surface area contributed by atoms with E-state index in [0.29, 0.717) is 11.4 Å². The maximum Gasteiger partial charge on any atom is 0.343 e. The first kappa shape index (κ1) is 15.2. The second kappa shape index (κ2) is 6.51. The zero-order chi connectivity index (χ0) is 15.4. The van der Waals surface area contributed by atoms with E-state index < -0.39 is 18.5 Å². The van der Waals surface area contributed by atoms with E-state index in [0.717, 1.165) is 11.5 Å². The summed E-state index contributed by atoms with van der Waals surface area (Å²) in [4.78, 5) is 27.3. The Morgan fingerprint density at radius 2 is 2.29 bits per heavy atom. The molecule has 0 aliphatic heterocycles. The van der Waals surface area contributed by atoms with Gasteiger partial charge in [-0.15, -0.1) is 0 Å². The molecule has 0 saturated heterocycles. The van der Waals surface area contributed by atoms with Crippen LogP contribution >= 0.6 is 23.1 Å². The van der Waals surface area contributed by atoms with Crippen LogP contribution in [0.25, 0.3) is 0 Å². The Morgan fingerprint density at radius 3 is 2.90 bits per heavy atom. The van der Waals surface area contributed by atoms with Crippen LogP contribution in [0.15, 0.2) is 18.3 Å². The number of nitrogens with zero attached hydrogens (tertiary/aromatic N) is 2. The predicted molar refractivity (Wildman–Crippen MR) is 79.4 cm³/mol. The van der Waals surface area contributed by atoms with E-state index in [4.69, 9.17) is 22.1 Å². The van der Waals surface area contributed by atoms with Gasteiger partial charge in [-0.05, 0) is 30.6 Å². The lowest BCUT2D eigenvalue weighted by Gasteiger charge is -2.07. The fraction of sp³-hybridized carbons (Fsp3) is 0.167. The largest absolute Gasteiger partial charge is 0.452 e. The average Bonchev–Trinajstić information content (AvgIpc) is 2.78. The molecule has 2 aromatic heterocycles. The molecule has 2 heterocycles. The molecule has 0 atom stereocenters. The third-order valence-corrected chi connectivity index (χ3v) is 3.53. The number of halogens is 1. The van der Waals surface area contributed by atoms with Crippen LogP contribution in [0.2, 0.25) is 5.15 Å². The van der Waals surface area contributed by atoms with Gasteiger partial charge in [0.2, 0.25) is 0 Å². The Bertz CT molecular complexity index is 669. The van der Waals surface area contributed by atoms with Crippen molar-refractivity contribution in [2.24, 2.45) is 0 Å². The number of aromatic nitrogens is 2. The van der Waals surface area contributed by atoms with Crippen molar-refractivity contribution in [2.45, 2.75) is 6.92 Å². The maximum atomic E-state index is 11.8. The van der Waals surface area contributed by atoms with Crippen LogP contribution in [0.1, 0.15) is 16.1 Å². The van der Waals surface area contributed by atoms with Crippen molar-refractivity contribution in [3.05, 3.63) is 34.7 Å². The molecule has 0 saturated carbocycles. The molecule has 0 radical (unpaired) electrons. The molecule has 0 aromatic carbocycles. The lowest BCUT2D eigenvalue weighted by atomic mass is 10.2. The number of amides is 1. The number of pyridine rings is 1. The molecule has 21 heavy (non-hydrogen) atoms. The molecule has 0 spiro atoms. The monoisotopic (exact) mass is 326 g/mol. The molecular weight excluding hydrogens is 316 g/mol. The van der Waals surface area contributed by atoms with Gasteiger partial charge in [-0.2, -0.15) is 4.37 Å². The Labute approximate surface area is 129 Å². The topological polar surface area (TPSA) is 107 Å². The minimum absolute atomic E-state index is 0.152. The first-order valence-corrected chi connectivity index (χ1v) is 6.93. The van der Waals surface area contributed by atoms with Crippen LogP contribution in [0.5, 0.6) is 0 Å². The minimum Gasteiger partial charge on any atom is -0.452 e. The van der Waals surface area contributed by atoms with Gasteiger partial charge in [0.15, 0.2) is 11.8 Å². The summed E-state index contributed by atoms with van der Waals surface area (Å²) in [5.74, 6) is -1.22. The zero-order valence-electron chi connectivity index (χ0n) is 10.9. The summed E-state index contributed by atoms with van der Waals surface area (Å²) in [5.41, 5.74) is 6.62. The fourth-order valence-corrected chi connectivity index (χ4v) is 2.32. The van der Waals surface area contributed by atoms with Crippen molar-refractivity contribution in [1.29, 1.82) is 0 Å². The first-order valence-electron chi connectivity index (χ1n) is 5.78. The smallest absolute Gasteiger partial charge is 0.343 e. The quantitative estimate of drug-likeness (QED) is 0.656. The van der Waals surface area contributed by atoms with Crippen molar-refractivity contribution in [2.75, 3.05) is 17.7 Å². The summed E-state index contributed by atoms with van der Waals surface area (Å²) in [6.45, 7) is 1.18. The van der Waals surface area contributed by atoms with Gasteiger partial charge in [0.25, 0.3) is 5.91 Å². The second-order valence-corrected chi connectivity index (χ2v) is 5.14. The SMILES string of the molecule is Cc1nsc(N)c1C(=O)OCC(=O)Nc1cccnc1Cl. The molecule has 0 aliphatic carbocycles. The number of ether oxygens (including phenoxy) is 1. The lowest BCUT2D eigenvalue weighted by molar-refractivity contribution is -0.119. The third kappa shape index (κ3) is 3.67. The van der Waals surface area contributed by atoms with Crippen LogP contribution in [-0.2, 0) is 9.53 Å². The van der Waals surface area contributed by atoms with E-state index in [2.05, 4.69) is 14.7 Å². The maximum absolute atomic E-state index is 11.8. The Morgan fingerprint density at radius 1 is 1.52 bits per heavy atom. The number of nitrogens with two attached hydrogens (primary N) is 1. The van der Waals surface area contributed by atoms with Gasteiger partial charge in [0.05, 0.1) is 11.4 Å². The Kier molecular flexibility index (Phi) is 4.71. The molecular formula is C12H11ClN4O3S. The summed E-state index contributed by atoms with van der Waals surface area (Å²) in [5, 5.41) is 2.89. The van der Waals surface area contributed by atoms with Gasteiger partial charge in [-0.25, -0.2) is 9.78 Å². The molecule has 9 heteroatoms. The molecule has 1 amide bonds. The van der Waals surface area contributed by atoms with Crippen LogP contribution in [0, 0.1) is 6.92 Å². The van der Waals surface area contributed by atoms with Gasteiger partial charge in [-0.1, -0.05) is 11.6 Å². The average molecular weight is 327 g/mol. The number of carbonyl (C=O) groups is 2. The van der Waals surface area contributed by atoms with Gasteiger partial charge >= 0.3 is 5.97 Å². The highest BCUT2D eigenvalue weighted by molar-refractivity contribution is 7.10. The van der Waals surface area contributed by atoms with Gasteiger partial charge < -0.3 is 15.8 Å². The van der Waals surface area contributed by atoms with Crippen molar-refractivity contribution in [3.8, 4) is 0 Å². The number of carbonyl (C=O) groups excluding carboxylic acids is 2. The second-order valence-electron chi connectivity index (χ2n) is 3.97. The van der Waals surface area contributed by atoms with Crippen molar-refractivity contribution < 1.29 is 14.3 Å². The van der Waals surface area contributed by atoms with Gasteiger partial charge in [0.1, 0.15) is 10.6 Å². The number of aryl methyl sites for hydroxylation is 1. The Hall–Kier alpha value is -2.19.